The van der Waals surface area contributed by atoms with Gasteiger partial charge in [0.2, 0.25) is 0 Å². The van der Waals surface area contributed by atoms with E-state index in [9.17, 15) is 14.7 Å². The molecule has 1 amide bonds. The molecule has 0 aliphatic carbocycles. The van der Waals surface area contributed by atoms with Crippen molar-refractivity contribution in [3.05, 3.63) is 76.2 Å². The predicted molar refractivity (Wildman–Crippen MR) is 103 cm³/mol. The van der Waals surface area contributed by atoms with Crippen LogP contribution >= 0.6 is 24.0 Å². The van der Waals surface area contributed by atoms with E-state index in [1.165, 1.54) is 4.90 Å². The smallest absolute Gasteiger partial charge is 0.331 e. The minimum absolute atomic E-state index is 0.250. The van der Waals surface area contributed by atoms with E-state index in [2.05, 4.69) is 0 Å². The van der Waals surface area contributed by atoms with Crippen LogP contribution in [0.4, 0.5) is 0 Å². The molecule has 3 rings (SSSR count). The highest BCUT2D eigenvalue weighted by Crippen LogP contribution is 2.38. The van der Waals surface area contributed by atoms with Crippen LogP contribution < -0.4 is 0 Å². The van der Waals surface area contributed by atoms with Gasteiger partial charge in [0.05, 0.1) is 4.91 Å². The van der Waals surface area contributed by atoms with Gasteiger partial charge in [-0.05, 0) is 24.1 Å². The van der Waals surface area contributed by atoms with Gasteiger partial charge in [-0.25, -0.2) is 4.79 Å². The number of carbonyl (C=O) groups excluding carboxylic acids is 1. The van der Waals surface area contributed by atoms with E-state index in [0.717, 1.165) is 22.9 Å². The second-order valence-electron chi connectivity index (χ2n) is 5.62. The molecule has 1 aliphatic heterocycles. The van der Waals surface area contributed by atoms with E-state index < -0.39 is 12.0 Å². The van der Waals surface area contributed by atoms with Crippen LogP contribution in [0.5, 0.6) is 0 Å². The number of hydrogen-bond donors (Lipinski definition) is 1. The van der Waals surface area contributed by atoms with E-state index in [-0.39, 0.29) is 10.2 Å². The Hall–Kier alpha value is -2.44. The minimum atomic E-state index is -1.13. The third kappa shape index (κ3) is 3.65. The van der Waals surface area contributed by atoms with Crippen LogP contribution in [-0.2, 0) is 9.59 Å². The Labute approximate surface area is 155 Å². The number of thiocarbonyl (C=S) groups is 1. The van der Waals surface area contributed by atoms with Crippen LogP contribution in [0.2, 0.25) is 0 Å². The van der Waals surface area contributed by atoms with Gasteiger partial charge in [-0.1, -0.05) is 84.1 Å². The zero-order valence-corrected chi connectivity index (χ0v) is 15.0. The molecule has 1 unspecified atom stereocenters. The molecule has 0 spiro atoms. The summed E-state index contributed by atoms with van der Waals surface area (Å²) in [6.45, 7) is 1.97. The first-order chi connectivity index (χ1) is 12.0. The number of aryl methyl sites for hydroxylation is 1. The molecule has 2 aromatic carbocycles. The van der Waals surface area contributed by atoms with Crippen molar-refractivity contribution in [2.24, 2.45) is 0 Å². The lowest BCUT2D eigenvalue weighted by atomic mass is 10.1. The Balaban J connectivity index is 1.96. The molecule has 25 heavy (non-hydrogen) atoms. The van der Waals surface area contributed by atoms with Crippen molar-refractivity contribution >= 4 is 46.3 Å². The molecule has 1 atom stereocenters. The third-order valence-corrected chi connectivity index (χ3v) is 5.10. The first-order valence-electron chi connectivity index (χ1n) is 7.59. The molecule has 0 aromatic heterocycles. The molecule has 0 bridgehead atoms. The number of carbonyl (C=O) groups is 2. The van der Waals surface area contributed by atoms with Crippen LogP contribution in [0.1, 0.15) is 22.7 Å². The largest absolute Gasteiger partial charge is 0.479 e. The molecule has 1 saturated heterocycles. The summed E-state index contributed by atoms with van der Waals surface area (Å²) in [5.74, 6) is -1.49. The highest BCUT2D eigenvalue weighted by molar-refractivity contribution is 8.26. The topological polar surface area (TPSA) is 57.6 Å². The van der Waals surface area contributed by atoms with Crippen LogP contribution in [-0.4, -0.2) is 26.2 Å². The van der Waals surface area contributed by atoms with Crippen molar-refractivity contribution in [3.63, 3.8) is 0 Å². The lowest BCUT2D eigenvalue weighted by Crippen LogP contribution is -2.37. The average Bonchev–Trinajstić information content (AvgIpc) is 2.84. The summed E-state index contributed by atoms with van der Waals surface area (Å²) in [5.41, 5.74) is 2.48. The molecule has 4 nitrogen and oxygen atoms in total. The first-order valence-corrected chi connectivity index (χ1v) is 8.81. The SMILES string of the molecule is Cc1cccc(C=C2SC(=S)N(C(C(=O)O)c3ccccc3)C2=O)c1. The monoisotopic (exact) mass is 369 g/mol. The molecule has 0 saturated carbocycles. The molecule has 1 fully saturated rings. The Kier molecular flexibility index (Phi) is 5.01. The van der Waals surface area contributed by atoms with Gasteiger partial charge in [0.25, 0.3) is 5.91 Å². The van der Waals surface area contributed by atoms with Gasteiger partial charge in [0, 0.05) is 0 Å². The Morgan fingerprint density at radius 1 is 1.20 bits per heavy atom. The quantitative estimate of drug-likeness (QED) is 0.651. The summed E-state index contributed by atoms with van der Waals surface area (Å²) in [7, 11) is 0. The first kappa shape index (κ1) is 17.4. The van der Waals surface area contributed by atoms with Gasteiger partial charge < -0.3 is 5.11 Å². The van der Waals surface area contributed by atoms with Gasteiger partial charge in [-0.15, -0.1) is 0 Å². The number of nitrogens with zero attached hydrogens (tertiary/aromatic N) is 1. The number of amides is 1. The highest BCUT2D eigenvalue weighted by atomic mass is 32.2. The molecule has 1 heterocycles. The lowest BCUT2D eigenvalue weighted by molar-refractivity contribution is -0.145. The number of hydrogen-bond acceptors (Lipinski definition) is 4. The van der Waals surface area contributed by atoms with E-state index in [4.69, 9.17) is 12.2 Å². The standard InChI is InChI=1S/C19H15NO3S2/c1-12-6-5-7-13(10-12)11-15-17(21)20(19(24)25-15)16(18(22)23)14-8-3-2-4-9-14/h2-11,16H,1H3,(H,22,23). The molecule has 0 radical (unpaired) electrons. The second-order valence-corrected chi connectivity index (χ2v) is 7.29. The zero-order chi connectivity index (χ0) is 18.0. The van der Waals surface area contributed by atoms with Gasteiger partial charge in [0.1, 0.15) is 4.32 Å². The van der Waals surface area contributed by atoms with Crippen LogP contribution in [0.25, 0.3) is 6.08 Å². The predicted octanol–water partition coefficient (Wildman–Crippen LogP) is 4.02. The summed E-state index contributed by atoms with van der Waals surface area (Å²) < 4.78 is 0.250. The van der Waals surface area contributed by atoms with E-state index in [1.807, 2.05) is 31.2 Å². The maximum Gasteiger partial charge on any atom is 0.331 e. The summed E-state index contributed by atoms with van der Waals surface area (Å²) in [6.07, 6.45) is 1.75. The normalized spacial score (nSPS) is 17.2. The number of rotatable bonds is 4. The number of benzene rings is 2. The van der Waals surface area contributed by atoms with Crippen LogP contribution in [0, 0.1) is 6.92 Å². The molecule has 126 valence electrons. The fourth-order valence-corrected chi connectivity index (χ4v) is 3.96. The van der Waals surface area contributed by atoms with Gasteiger partial charge in [-0.2, -0.15) is 0 Å². The van der Waals surface area contributed by atoms with Crippen molar-refractivity contribution in [1.82, 2.24) is 4.90 Å². The number of carboxylic acids is 1. The summed E-state index contributed by atoms with van der Waals surface area (Å²) in [6, 6.07) is 15.2. The van der Waals surface area contributed by atoms with E-state index in [0.29, 0.717) is 10.5 Å². The van der Waals surface area contributed by atoms with Crippen molar-refractivity contribution in [2.45, 2.75) is 13.0 Å². The van der Waals surface area contributed by atoms with E-state index >= 15 is 0 Å². The number of thioether (sulfide) groups is 1. The van der Waals surface area contributed by atoms with Crippen molar-refractivity contribution in [2.75, 3.05) is 0 Å². The maximum absolute atomic E-state index is 12.8. The Bertz CT molecular complexity index is 877. The summed E-state index contributed by atoms with van der Waals surface area (Å²) in [4.78, 5) is 26.2. The fourth-order valence-electron chi connectivity index (χ4n) is 2.65. The zero-order valence-electron chi connectivity index (χ0n) is 13.4. The number of aliphatic carboxylic acids is 1. The van der Waals surface area contributed by atoms with Gasteiger partial charge in [0.15, 0.2) is 6.04 Å². The summed E-state index contributed by atoms with van der Waals surface area (Å²) in [5, 5.41) is 9.65. The van der Waals surface area contributed by atoms with Crippen molar-refractivity contribution in [1.29, 1.82) is 0 Å². The molecule has 1 N–H and O–H groups in total. The van der Waals surface area contributed by atoms with E-state index in [1.54, 1.807) is 36.4 Å². The van der Waals surface area contributed by atoms with Gasteiger partial charge >= 0.3 is 5.97 Å². The lowest BCUT2D eigenvalue weighted by Gasteiger charge is -2.23. The minimum Gasteiger partial charge on any atom is -0.479 e. The maximum atomic E-state index is 12.8. The molecular weight excluding hydrogens is 354 g/mol. The van der Waals surface area contributed by atoms with Crippen molar-refractivity contribution < 1.29 is 14.7 Å². The van der Waals surface area contributed by atoms with Crippen molar-refractivity contribution in [3.8, 4) is 0 Å². The highest BCUT2D eigenvalue weighted by Gasteiger charge is 2.41. The number of carboxylic acid groups (broad SMARTS) is 1. The van der Waals surface area contributed by atoms with Crippen LogP contribution in [0.3, 0.4) is 0 Å². The Morgan fingerprint density at radius 2 is 1.92 bits per heavy atom. The third-order valence-electron chi connectivity index (χ3n) is 3.77. The molecular formula is C19H15NO3S2. The fraction of sp³-hybridized carbons (Fsp3) is 0.105. The molecule has 1 aliphatic rings. The second kappa shape index (κ2) is 7.21. The molecule has 2 aromatic rings. The summed E-state index contributed by atoms with van der Waals surface area (Å²) >= 11 is 6.42. The average molecular weight is 369 g/mol. The molecule has 6 heteroatoms. The van der Waals surface area contributed by atoms with Crippen LogP contribution in [0.15, 0.2) is 59.5 Å². The van der Waals surface area contributed by atoms with Gasteiger partial charge in [-0.3, -0.25) is 9.69 Å². The Morgan fingerprint density at radius 3 is 2.56 bits per heavy atom.